The molecule has 2 rings (SSSR count). The second-order valence-electron chi connectivity index (χ2n) is 5.22. The van der Waals surface area contributed by atoms with Crippen molar-refractivity contribution in [2.75, 3.05) is 25.8 Å². The Balaban J connectivity index is 2.04. The molecule has 0 unspecified atom stereocenters. The Kier molecular flexibility index (Phi) is 5.84. The van der Waals surface area contributed by atoms with Crippen molar-refractivity contribution in [2.24, 2.45) is 0 Å². The highest BCUT2D eigenvalue weighted by atomic mass is 31.2. The van der Waals surface area contributed by atoms with Crippen molar-refractivity contribution in [2.45, 2.75) is 13.0 Å². The molecule has 0 fully saturated rings. The van der Waals surface area contributed by atoms with Crippen LogP contribution in [0.4, 0.5) is 0 Å². The van der Waals surface area contributed by atoms with Gasteiger partial charge in [0.1, 0.15) is 0 Å². The fourth-order valence-electron chi connectivity index (χ4n) is 2.17. The molecule has 0 amide bonds. The van der Waals surface area contributed by atoms with Gasteiger partial charge in [-0.2, -0.15) is 0 Å². The van der Waals surface area contributed by atoms with E-state index in [1.807, 2.05) is 0 Å². The monoisotopic (exact) mass is 359 g/mol. The van der Waals surface area contributed by atoms with Gasteiger partial charge in [-0.3, -0.25) is 14.2 Å². The summed E-state index contributed by atoms with van der Waals surface area (Å²) in [5, 5.41) is 8.77. The molecular weight excluding hydrogens is 341 g/mol. The van der Waals surface area contributed by atoms with Gasteiger partial charge in [-0.1, -0.05) is 0 Å². The Labute approximate surface area is 136 Å². The van der Waals surface area contributed by atoms with Gasteiger partial charge in [0.15, 0.2) is 11.2 Å². The minimum Gasteiger partial charge on any atom is -0.481 e. The summed E-state index contributed by atoms with van der Waals surface area (Å²) in [5.74, 6) is -0.988. The first-order chi connectivity index (χ1) is 11.3. The van der Waals surface area contributed by atoms with Crippen LogP contribution in [-0.4, -0.2) is 71.1 Å². The van der Waals surface area contributed by atoms with E-state index in [0.717, 1.165) is 0 Å². The lowest BCUT2D eigenvalue weighted by Crippen LogP contribution is -2.32. The summed E-state index contributed by atoms with van der Waals surface area (Å²) in [6, 6.07) is 0. The minimum atomic E-state index is -4.16. The smallest absolute Gasteiger partial charge is 0.326 e. The van der Waals surface area contributed by atoms with Gasteiger partial charge in [-0.25, -0.2) is 9.97 Å². The van der Waals surface area contributed by atoms with Gasteiger partial charge < -0.3 is 29.3 Å². The van der Waals surface area contributed by atoms with Crippen LogP contribution in [0.2, 0.25) is 0 Å². The van der Waals surface area contributed by atoms with Crippen LogP contribution in [0.5, 0.6) is 0 Å². The normalized spacial score (nSPS) is 12.1. The van der Waals surface area contributed by atoms with Gasteiger partial charge in [0.2, 0.25) is 0 Å². The van der Waals surface area contributed by atoms with Crippen LogP contribution < -0.4 is 5.56 Å². The van der Waals surface area contributed by atoms with E-state index in [4.69, 9.17) is 14.9 Å². The maximum atomic E-state index is 11.6. The number of aromatic nitrogens is 4. The molecule has 0 spiro atoms. The van der Waals surface area contributed by atoms with Gasteiger partial charge >= 0.3 is 13.6 Å². The van der Waals surface area contributed by atoms with Crippen LogP contribution >= 0.6 is 7.60 Å². The number of H-pyrrole nitrogens is 1. The highest BCUT2D eigenvalue weighted by Gasteiger charge is 2.17. The highest BCUT2D eigenvalue weighted by molar-refractivity contribution is 7.51. The first-order valence-electron chi connectivity index (χ1n) is 7.13. The van der Waals surface area contributed by atoms with Gasteiger partial charge in [-0.15, -0.1) is 0 Å². The average Bonchev–Trinajstić information content (AvgIpc) is 2.90. The van der Waals surface area contributed by atoms with E-state index in [1.54, 1.807) is 9.47 Å². The third-order valence-corrected chi connectivity index (χ3v) is 4.20. The molecule has 0 atom stereocenters. The Hall–Kier alpha value is -2.07. The molecule has 2 aromatic heterocycles. The summed E-state index contributed by atoms with van der Waals surface area (Å²) in [7, 11) is -4.16. The number of imidazole rings is 1. The lowest BCUT2D eigenvalue weighted by atomic mass is 10.3. The number of hydrogen-bond donors (Lipinski definition) is 4. The Morgan fingerprint density at radius 1 is 1.29 bits per heavy atom. The molecule has 12 heteroatoms. The molecule has 2 heterocycles. The molecule has 11 nitrogen and oxygen atoms in total. The first-order valence-corrected chi connectivity index (χ1v) is 8.93. The SMILES string of the molecule is O=C(O)CCN(CCn1cnc2c(=O)[nH]cnc21)CCP(=O)(O)O. The van der Waals surface area contributed by atoms with Crippen LogP contribution in [0.1, 0.15) is 6.42 Å². The zero-order chi connectivity index (χ0) is 17.7. The number of nitrogens with one attached hydrogen (secondary N) is 1. The summed E-state index contributed by atoms with van der Waals surface area (Å²) in [6.07, 6.45) is 2.23. The van der Waals surface area contributed by atoms with E-state index in [-0.39, 0.29) is 36.7 Å². The van der Waals surface area contributed by atoms with Gasteiger partial charge in [0, 0.05) is 26.2 Å². The quantitative estimate of drug-likeness (QED) is 0.415. The van der Waals surface area contributed by atoms with Crippen molar-refractivity contribution < 1.29 is 24.3 Å². The number of hydrogen-bond acceptors (Lipinski definition) is 6. The summed E-state index contributed by atoms with van der Waals surface area (Å²) in [5.41, 5.74) is 0.236. The standard InChI is InChI=1S/C12H18N5O6P/c18-9(19)1-2-16(5-6-24(21,22)23)3-4-17-8-15-10-11(17)13-7-14-12(10)20/h7-8H,1-6H2,(H,18,19)(H,13,14,20)(H2,21,22,23). The van der Waals surface area contributed by atoms with E-state index in [9.17, 15) is 14.2 Å². The van der Waals surface area contributed by atoms with Crippen molar-refractivity contribution in [1.29, 1.82) is 0 Å². The van der Waals surface area contributed by atoms with Crippen LogP contribution in [0.25, 0.3) is 11.2 Å². The van der Waals surface area contributed by atoms with Gasteiger partial charge in [0.05, 0.1) is 25.2 Å². The molecule has 0 bridgehead atoms. The molecule has 24 heavy (non-hydrogen) atoms. The number of carbonyl (C=O) groups is 1. The van der Waals surface area contributed by atoms with Crippen LogP contribution in [-0.2, 0) is 15.9 Å². The maximum Gasteiger partial charge on any atom is 0.326 e. The number of aromatic amines is 1. The molecule has 0 aromatic carbocycles. The molecule has 0 saturated carbocycles. The Morgan fingerprint density at radius 2 is 2.04 bits per heavy atom. The maximum absolute atomic E-state index is 11.6. The second-order valence-corrected chi connectivity index (χ2v) is 6.99. The molecule has 0 saturated heterocycles. The van der Waals surface area contributed by atoms with Crippen LogP contribution in [0.15, 0.2) is 17.4 Å². The minimum absolute atomic E-state index is 0.0677. The zero-order valence-electron chi connectivity index (χ0n) is 12.7. The van der Waals surface area contributed by atoms with E-state index in [1.165, 1.54) is 12.7 Å². The lowest BCUT2D eigenvalue weighted by Gasteiger charge is -2.22. The largest absolute Gasteiger partial charge is 0.481 e. The van der Waals surface area contributed by atoms with Crippen molar-refractivity contribution in [3.63, 3.8) is 0 Å². The molecule has 0 aliphatic heterocycles. The summed E-state index contributed by atoms with van der Waals surface area (Å²) in [4.78, 5) is 52.3. The first kappa shape index (κ1) is 18.3. The van der Waals surface area contributed by atoms with E-state index >= 15 is 0 Å². The van der Waals surface area contributed by atoms with Crippen molar-refractivity contribution >= 4 is 24.7 Å². The fraction of sp³-hybridized carbons (Fsp3) is 0.500. The summed E-state index contributed by atoms with van der Waals surface area (Å²) in [6.45, 7) is 0.926. The lowest BCUT2D eigenvalue weighted by molar-refractivity contribution is -0.137. The van der Waals surface area contributed by atoms with Gasteiger partial charge in [0.25, 0.3) is 5.56 Å². The third-order valence-electron chi connectivity index (χ3n) is 3.41. The molecule has 4 N–H and O–H groups in total. The molecule has 0 aliphatic rings. The van der Waals surface area contributed by atoms with Crippen LogP contribution in [0.3, 0.4) is 0 Å². The summed E-state index contributed by atoms with van der Waals surface area (Å²) >= 11 is 0. The number of carboxylic acids is 1. The highest BCUT2D eigenvalue weighted by Crippen LogP contribution is 2.33. The third kappa shape index (κ3) is 5.24. The predicted molar refractivity (Wildman–Crippen MR) is 83.8 cm³/mol. The second kappa shape index (κ2) is 7.67. The number of carboxylic acid groups (broad SMARTS) is 1. The summed E-state index contributed by atoms with van der Waals surface area (Å²) < 4.78 is 12.6. The Bertz CT molecular complexity index is 812. The molecule has 0 aliphatic carbocycles. The van der Waals surface area contributed by atoms with Crippen LogP contribution in [0, 0.1) is 0 Å². The fourth-order valence-corrected chi connectivity index (χ4v) is 2.71. The molecular formula is C12H18N5O6P. The number of nitrogens with zero attached hydrogens (tertiary/aromatic N) is 4. The van der Waals surface area contributed by atoms with Crippen molar-refractivity contribution in [3.8, 4) is 0 Å². The van der Waals surface area contributed by atoms with E-state index in [2.05, 4.69) is 15.0 Å². The Morgan fingerprint density at radius 3 is 2.71 bits per heavy atom. The zero-order valence-corrected chi connectivity index (χ0v) is 13.6. The molecule has 0 radical (unpaired) electrons. The van der Waals surface area contributed by atoms with E-state index in [0.29, 0.717) is 18.7 Å². The number of aliphatic carboxylic acids is 1. The van der Waals surface area contributed by atoms with Crippen molar-refractivity contribution in [3.05, 3.63) is 23.0 Å². The topological polar surface area (TPSA) is 162 Å². The van der Waals surface area contributed by atoms with E-state index < -0.39 is 13.6 Å². The van der Waals surface area contributed by atoms with Crippen molar-refractivity contribution in [1.82, 2.24) is 24.4 Å². The molecule has 2 aromatic rings. The predicted octanol–water partition coefficient (Wildman–Crippen LogP) is -0.926. The number of fused-ring (bicyclic) bond motifs is 1. The number of rotatable bonds is 9. The molecule has 132 valence electrons. The van der Waals surface area contributed by atoms with Gasteiger partial charge in [-0.05, 0) is 0 Å². The average molecular weight is 359 g/mol.